The molecule has 0 fully saturated rings. The number of carbonyl (C=O) groups is 1. The van der Waals surface area contributed by atoms with E-state index in [1.807, 2.05) is 0 Å². The van der Waals surface area contributed by atoms with Crippen LogP contribution in [-0.2, 0) is 0 Å². The van der Waals surface area contributed by atoms with E-state index in [9.17, 15) is 4.79 Å². The number of carbonyl (C=O) groups excluding carboxylic acids is 1. The van der Waals surface area contributed by atoms with Gasteiger partial charge in [-0.15, -0.1) is 10.2 Å². The van der Waals surface area contributed by atoms with E-state index in [0.717, 1.165) is 5.56 Å². The first-order valence-electron chi connectivity index (χ1n) is 5.09. The summed E-state index contributed by atoms with van der Waals surface area (Å²) < 4.78 is 0. The summed E-state index contributed by atoms with van der Waals surface area (Å²) >= 11 is 7.37. The van der Waals surface area contributed by atoms with Crippen LogP contribution in [0.15, 0.2) is 18.2 Å². The number of nitrogens with zero attached hydrogens (tertiary/aromatic N) is 3. The van der Waals surface area contributed by atoms with E-state index >= 15 is 0 Å². The minimum atomic E-state index is -0.136. The zero-order valence-corrected chi connectivity index (χ0v) is 11.4. The molecule has 0 spiro atoms. The van der Waals surface area contributed by atoms with Crippen LogP contribution in [0.5, 0.6) is 0 Å². The van der Waals surface area contributed by atoms with E-state index in [4.69, 9.17) is 17.3 Å². The molecule has 7 heteroatoms. The number of hydrogen-bond donors (Lipinski definition) is 1. The van der Waals surface area contributed by atoms with Gasteiger partial charge < -0.3 is 10.6 Å². The van der Waals surface area contributed by atoms with Crippen LogP contribution in [0, 0.1) is 0 Å². The molecule has 0 atom stereocenters. The van der Waals surface area contributed by atoms with Crippen LogP contribution < -0.4 is 5.73 Å². The molecule has 94 valence electrons. The molecule has 1 aromatic heterocycles. The summed E-state index contributed by atoms with van der Waals surface area (Å²) in [7, 11) is 3.36. The van der Waals surface area contributed by atoms with Crippen molar-refractivity contribution in [2.45, 2.75) is 0 Å². The fourth-order valence-electron chi connectivity index (χ4n) is 1.41. The van der Waals surface area contributed by atoms with Crippen LogP contribution >= 0.6 is 22.9 Å². The highest BCUT2D eigenvalue weighted by Crippen LogP contribution is 2.29. The lowest BCUT2D eigenvalue weighted by molar-refractivity contribution is 0.0828. The second-order valence-corrected chi connectivity index (χ2v) is 5.26. The lowest BCUT2D eigenvalue weighted by Crippen LogP contribution is -2.21. The van der Waals surface area contributed by atoms with Gasteiger partial charge in [0, 0.05) is 19.7 Å². The van der Waals surface area contributed by atoms with Gasteiger partial charge in [-0.05, 0) is 12.1 Å². The molecule has 0 radical (unpaired) electrons. The topological polar surface area (TPSA) is 72.1 Å². The Morgan fingerprint density at radius 3 is 2.61 bits per heavy atom. The van der Waals surface area contributed by atoms with Crippen LogP contribution in [0.2, 0.25) is 5.02 Å². The predicted octanol–water partition coefficient (Wildman–Crippen LogP) is 2.14. The molecule has 0 aliphatic carbocycles. The van der Waals surface area contributed by atoms with Gasteiger partial charge in [0.2, 0.25) is 5.13 Å². The predicted molar refractivity (Wildman–Crippen MR) is 72.8 cm³/mol. The molecule has 1 amide bonds. The molecular weight excluding hydrogens is 272 g/mol. The van der Waals surface area contributed by atoms with E-state index in [-0.39, 0.29) is 5.91 Å². The Kier molecular flexibility index (Phi) is 3.49. The minimum absolute atomic E-state index is 0.136. The van der Waals surface area contributed by atoms with Crippen molar-refractivity contribution in [1.82, 2.24) is 15.1 Å². The van der Waals surface area contributed by atoms with Gasteiger partial charge in [0.25, 0.3) is 5.91 Å². The largest absolute Gasteiger partial charge is 0.374 e. The highest BCUT2D eigenvalue weighted by molar-refractivity contribution is 7.18. The SMILES string of the molecule is CN(C)C(=O)c1ccc(-c2nnc(N)s2)cc1Cl. The molecule has 1 aromatic carbocycles. The first-order valence-corrected chi connectivity index (χ1v) is 6.29. The Labute approximate surface area is 113 Å². The van der Waals surface area contributed by atoms with Crippen molar-refractivity contribution in [3.8, 4) is 10.6 Å². The lowest BCUT2D eigenvalue weighted by Gasteiger charge is -2.11. The number of nitrogens with two attached hydrogens (primary N) is 1. The number of halogens is 1. The minimum Gasteiger partial charge on any atom is -0.374 e. The standard InChI is InChI=1S/C11H11ClN4OS/c1-16(2)10(17)7-4-3-6(5-8(7)12)9-14-15-11(13)18-9/h3-5H,1-2H3,(H2,13,15). The van der Waals surface area contributed by atoms with Gasteiger partial charge in [-0.2, -0.15) is 0 Å². The Bertz CT molecular complexity index is 596. The molecule has 0 saturated heterocycles. The molecule has 0 unspecified atom stereocenters. The van der Waals surface area contributed by atoms with Crippen LogP contribution in [0.3, 0.4) is 0 Å². The van der Waals surface area contributed by atoms with Gasteiger partial charge in [-0.3, -0.25) is 4.79 Å². The molecule has 0 bridgehead atoms. The number of nitrogen functional groups attached to an aromatic ring is 1. The normalized spacial score (nSPS) is 10.4. The maximum absolute atomic E-state index is 11.8. The van der Waals surface area contributed by atoms with Crippen molar-refractivity contribution in [2.75, 3.05) is 19.8 Å². The van der Waals surface area contributed by atoms with Crippen molar-refractivity contribution in [3.63, 3.8) is 0 Å². The summed E-state index contributed by atoms with van der Waals surface area (Å²) in [6.07, 6.45) is 0. The number of benzene rings is 1. The second-order valence-electron chi connectivity index (χ2n) is 3.84. The van der Waals surface area contributed by atoms with Crippen LogP contribution in [-0.4, -0.2) is 35.1 Å². The van der Waals surface area contributed by atoms with Crippen LogP contribution in [0.4, 0.5) is 5.13 Å². The Hall–Kier alpha value is -1.66. The van der Waals surface area contributed by atoms with E-state index in [1.54, 1.807) is 32.3 Å². The molecule has 2 rings (SSSR count). The van der Waals surface area contributed by atoms with E-state index in [2.05, 4.69) is 10.2 Å². The molecule has 18 heavy (non-hydrogen) atoms. The third-order valence-corrected chi connectivity index (χ3v) is 3.41. The average Bonchev–Trinajstić information content (AvgIpc) is 2.74. The van der Waals surface area contributed by atoms with Crippen molar-refractivity contribution < 1.29 is 4.79 Å². The fraction of sp³-hybridized carbons (Fsp3) is 0.182. The third-order valence-electron chi connectivity index (χ3n) is 2.29. The van der Waals surface area contributed by atoms with E-state index in [0.29, 0.717) is 20.7 Å². The van der Waals surface area contributed by atoms with Gasteiger partial charge in [-0.1, -0.05) is 29.0 Å². The second kappa shape index (κ2) is 4.91. The van der Waals surface area contributed by atoms with Crippen LogP contribution in [0.1, 0.15) is 10.4 Å². The Morgan fingerprint density at radius 2 is 2.11 bits per heavy atom. The van der Waals surface area contributed by atoms with Gasteiger partial charge >= 0.3 is 0 Å². The van der Waals surface area contributed by atoms with Crippen molar-refractivity contribution >= 4 is 34.0 Å². The summed E-state index contributed by atoms with van der Waals surface area (Å²) in [4.78, 5) is 13.3. The summed E-state index contributed by atoms with van der Waals surface area (Å²) in [6.45, 7) is 0. The molecule has 1 heterocycles. The number of anilines is 1. The average molecular weight is 283 g/mol. The zero-order chi connectivity index (χ0) is 13.3. The molecule has 2 N–H and O–H groups in total. The van der Waals surface area contributed by atoms with E-state index in [1.165, 1.54) is 16.2 Å². The third kappa shape index (κ3) is 2.44. The van der Waals surface area contributed by atoms with Gasteiger partial charge in [-0.25, -0.2) is 0 Å². The maximum Gasteiger partial charge on any atom is 0.254 e. The van der Waals surface area contributed by atoms with Gasteiger partial charge in [0.05, 0.1) is 10.6 Å². The molecular formula is C11H11ClN4OS. The maximum atomic E-state index is 11.8. The first-order chi connectivity index (χ1) is 8.49. The summed E-state index contributed by atoms with van der Waals surface area (Å²) in [6, 6.07) is 5.15. The van der Waals surface area contributed by atoms with Gasteiger partial charge in [0.1, 0.15) is 5.01 Å². The fourth-order valence-corrected chi connectivity index (χ4v) is 2.28. The molecule has 2 aromatic rings. The summed E-state index contributed by atoms with van der Waals surface area (Å²) in [5, 5.41) is 9.13. The quantitative estimate of drug-likeness (QED) is 0.916. The summed E-state index contributed by atoms with van der Waals surface area (Å²) in [5.74, 6) is -0.136. The van der Waals surface area contributed by atoms with Crippen molar-refractivity contribution in [1.29, 1.82) is 0 Å². The lowest BCUT2D eigenvalue weighted by atomic mass is 10.1. The van der Waals surface area contributed by atoms with Gasteiger partial charge in [0.15, 0.2) is 0 Å². The zero-order valence-electron chi connectivity index (χ0n) is 9.85. The molecule has 5 nitrogen and oxygen atoms in total. The Morgan fingerprint density at radius 1 is 1.39 bits per heavy atom. The highest BCUT2D eigenvalue weighted by atomic mass is 35.5. The number of hydrogen-bond acceptors (Lipinski definition) is 5. The highest BCUT2D eigenvalue weighted by Gasteiger charge is 2.14. The van der Waals surface area contributed by atoms with Crippen LogP contribution in [0.25, 0.3) is 10.6 Å². The molecule has 0 aliphatic rings. The van der Waals surface area contributed by atoms with E-state index < -0.39 is 0 Å². The number of aromatic nitrogens is 2. The first kappa shape index (κ1) is 12.8. The molecule has 0 aliphatic heterocycles. The van der Waals surface area contributed by atoms with Crippen molar-refractivity contribution in [3.05, 3.63) is 28.8 Å². The Balaban J connectivity index is 2.39. The molecule has 0 saturated carbocycles. The number of amides is 1. The number of rotatable bonds is 2. The summed E-state index contributed by atoms with van der Waals surface area (Å²) in [5.41, 5.74) is 6.78. The monoisotopic (exact) mass is 282 g/mol. The van der Waals surface area contributed by atoms with Crippen molar-refractivity contribution in [2.24, 2.45) is 0 Å². The smallest absolute Gasteiger partial charge is 0.254 e.